The average Bonchev–Trinajstić information content (AvgIpc) is 3.58. The first-order valence-corrected chi connectivity index (χ1v) is 13.3. The zero-order chi connectivity index (χ0) is 24.7. The molecular formula is C35H28N2. The van der Waals surface area contributed by atoms with Crippen LogP contribution >= 0.6 is 0 Å². The Balaban J connectivity index is 1.33. The second-order valence-electron chi connectivity index (χ2n) is 10.9. The second kappa shape index (κ2) is 7.36. The van der Waals surface area contributed by atoms with Crippen LogP contribution in [0.25, 0.3) is 38.6 Å². The number of aromatic nitrogens is 1. The molecule has 37 heavy (non-hydrogen) atoms. The lowest BCUT2D eigenvalue weighted by Gasteiger charge is -2.25. The average molecular weight is 477 g/mol. The van der Waals surface area contributed by atoms with Crippen molar-refractivity contribution in [2.24, 2.45) is 0 Å². The molecule has 2 nitrogen and oxygen atoms in total. The van der Waals surface area contributed by atoms with Gasteiger partial charge < -0.3 is 9.47 Å². The Morgan fingerprint density at radius 3 is 2.27 bits per heavy atom. The predicted octanol–water partition coefficient (Wildman–Crippen LogP) is 8.78. The Morgan fingerprint density at radius 1 is 0.622 bits per heavy atom. The summed E-state index contributed by atoms with van der Waals surface area (Å²) < 4.78 is 2.47. The van der Waals surface area contributed by atoms with Crippen molar-refractivity contribution in [1.82, 2.24) is 4.57 Å². The standard InChI is InChI=1S/C35H28N2/c1-35(2)30-14-8-6-12-25(30)26-17-16-24(22-31(26)35)36-21-20-29-32(36)19-18-28-27-13-7-9-15-33(27)37(34(28)29)23-10-4-3-5-11-23/h3-19,22H,20-21H2,1-2H3. The van der Waals surface area contributed by atoms with Crippen molar-refractivity contribution in [2.75, 3.05) is 11.4 Å². The van der Waals surface area contributed by atoms with Crippen LogP contribution in [0.3, 0.4) is 0 Å². The summed E-state index contributed by atoms with van der Waals surface area (Å²) in [7, 11) is 0. The van der Waals surface area contributed by atoms with Gasteiger partial charge in [-0.2, -0.15) is 0 Å². The Hall–Kier alpha value is -4.30. The zero-order valence-electron chi connectivity index (χ0n) is 21.2. The topological polar surface area (TPSA) is 8.17 Å². The fraction of sp³-hybridized carbons (Fsp3) is 0.143. The Kier molecular flexibility index (Phi) is 4.15. The maximum atomic E-state index is 2.53. The third-order valence-electron chi connectivity index (χ3n) is 8.69. The van der Waals surface area contributed by atoms with Gasteiger partial charge in [-0.1, -0.05) is 86.6 Å². The van der Waals surface area contributed by atoms with Gasteiger partial charge in [0.2, 0.25) is 0 Å². The molecule has 0 amide bonds. The molecule has 8 rings (SSSR count). The van der Waals surface area contributed by atoms with Crippen molar-refractivity contribution >= 4 is 33.2 Å². The smallest absolute Gasteiger partial charge is 0.0594 e. The largest absolute Gasteiger partial charge is 0.341 e. The van der Waals surface area contributed by atoms with Crippen molar-refractivity contribution in [3.05, 3.63) is 126 Å². The van der Waals surface area contributed by atoms with Crippen LogP contribution in [0.4, 0.5) is 11.4 Å². The fourth-order valence-corrected chi connectivity index (χ4v) is 6.93. The van der Waals surface area contributed by atoms with Gasteiger partial charge >= 0.3 is 0 Å². The van der Waals surface area contributed by atoms with Gasteiger partial charge in [0.1, 0.15) is 0 Å². The molecule has 0 spiro atoms. The van der Waals surface area contributed by atoms with E-state index in [4.69, 9.17) is 0 Å². The second-order valence-corrected chi connectivity index (χ2v) is 10.9. The first-order chi connectivity index (χ1) is 18.1. The molecule has 178 valence electrons. The maximum Gasteiger partial charge on any atom is 0.0594 e. The molecule has 2 heteroatoms. The molecule has 2 heterocycles. The zero-order valence-corrected chi connectivity index (χ0v) is 21.2. The fourth-order valence-electron chi connectivity index (χ4n) is 6.93. The van der Waals surface area contributed by atoms with E-state index in [2.05, 4.69) is 133 Å². The minimum atomic E-state index is 0.00811. The van der Waals surface area contributed by atoms with Gasteiger partial charge in [-0.15, -0.1) is 0 Å². The van der Waals surface area contributed by atoms with Crippen molar-refractivity contribution in [2.45, 2.75) is 25.7 Å². The van der Waals surface area contributed by atoms with Gasteiger partial charge in [0.25, 0.3) is 0 Å². The molecule has 0 fully saturated rings. The van der Waals surface area contributed by atoms with Crippen LogP contribution in [-0.4, -0.2) is 11.1 Å². The van der Waals surface area contributed by atoms with Gasteiger partial charge in [-0.25, -0.2) is 0 Å². The highest BCUT2D eigenvalue weighted by Crippen LogP contribution is 2.51. The van der Waals surface area contributed by atoms with E-state index in [1.165, 1.54) is 66.7 Å². The van der Waals surface area contributed by atoms with Crippen LogP contribution in [0.5, 0.6) is 0 Å². The quantitative estimate of drug-likeness (QED) is 0.242. The minimum Gasteiger partial charge on any atom is -0.341 e. The molecule has 0 saturated carbocycles. The highest BCUT2D eigenvalue weighted by Gasteiger charge is 2.36. The summed E-state index contributed by atoms with van der Waals surface area (Å²) in [5.74, 6) is 0. The van der Waals surface area contributed by atoms with Gasteiger partial charge in [-0.05, 0) is 65.1 Å². The van der Waals surface area contributed by atoms with Gasteiger partial charge in [0.15, 0.2) is 0 Å². The summed E-state index contributed by atoms with van der Waals surface area (Å²) in [5, 5.41) is 2.66. The highest BCUT2D eigenvalue weighted by atomic mass is 15.2. The number of hydrogen-bond acceptors (Lipinski definition) is 1. The molecule has 0 N–H and O–H groups in total. The molecule has 6 aromatic rings. The Labute approximate surface area is 217 Å². The number of benzene rings is 5. The minimum absolute atomic E-state index is 0.00811. The van der Waals surface area contributed by atoms with Crippen LogP contribution in [-0.2, 0) is 11.8 Å². The van der Waals surface area contributed by atoms with Crippen LogP contribution in [0.2, 0.25) is 0 Å². The number of anilines is 2. The lowest BCUT2D eigenvalue weighted by molar-refractivity contribution is 0.660. The Morgan fingerprint density at radius 2 is 1.38 bits per heavy atom. The summed E-state index contributed by atoms with van der Waals surface area (Å²) in [4.78, 5) is 2.53. The number of para-hydroxylation sites is 2. The number of nitrogens with zero attached hydrogens (tertiary/aromatic N) is 2. The van der Waals surface area contributed by atoms with E-state index in [0.717, 1.165) is 13.0 Å². The summed E-state index contributed by atoms with van der Waals surface area (Å²) in [5.41, 5.74) is 13.5. The van der Waals surface area contributed by atoms with E-state index in [-0.39, 0.29) is 5.41 Å². The van der Waals surface area contributed by atoms with E-state index >= 15 is 0 Å². The molecule has 1 aliphatic heterocycles. The first-order valence-electron chi connectivity index (χ1n) is 13.3. The van der Waals surface area contributed by atoms with Crippen LogP contribution in [0.15, 0.2) is 109 Å². The van der Waals surface area contributed by atoms with Gasteiger partial charge in [0, 0.05) is 45.4 Å². The van der Waals surface area contributed by atoms with E-state index < -0.39 is 0 Å². The lowest BCUT2D eigenvalue weighted by atomic mass is 9.82. The highest BCUT2D eigenvalue weighted by molar-refractivity contribution is 6.12. The van der Waals surface area contributed by atoms with Crippen LogP contribution in [0.1, 0.15) is 30.5 Å². The molecule has 1 aromatic heterocycles. The van der Waals surface area contributed by atoms with Gasteiger partial charge in [0.05, 0.1) is 11.0 Å². The molecule has 2 aliphatic rings. The molecule has 0 radical (unpaired) electrons. The summed E-state index contributed by atoms with van der Waals surface area (Å²) in [6, 6.07) is 40.3. The lowest BCUT2D eigenvalue weighted by Crippen LogP contribution is -2.17. The molecular weight excluding hydrogens is 448 g/mol. The van der Waals surface area contributed by atoms with Crippen LogP contribution < -0.4 is 4.90 Å². The number of rotatable bonds is 2. The van der Waals surface area contributed by atoms with E-state index in [0.29, 0.717) is 0 Å². The van der Waals surface area contributed by atoms with E-state index in [1.807, 2.05) is 0 Å². The Bertz CT molecular complexity index is 1860. The molecule has 1 aliphatic carbocycles. The van der Waals surface area contributed by atoms with Crippen molar-refractivity contribution < 1.29 is 0 Å². The van der Waals surface area contributed by atoms with Crippen LogP contribution in [0, 0.1) is 0 Å². The molecule has 0 atom stereocenters. The van der Waals surface area contributed by atoms with E-state index in [1.54, 1.807) is 0 Å². The normalized spacial score (nSPS) is 15.2. The summed E-state index contributed by atoms with van der Waals surface area (Å²) in [6.07, 6.45) is 1.04. The van der Waals surface area contributed by atoms with Crippen molar-refractivity contribution in [3.8, 4) is 16.8 Å². The maximum absolute atomic E-state index is 2.53. The SMILES string of the molecule is CC1(C)c2ccccc2-c2ccc(N3CCc4c3ccc3c5ccccc5n(-c5ccccc5)c43)cc21. The third kappa shape index (κ3) is 2.76. The van der Waals surface area contributed by atoms with Crippen molar-refractivity contribution in [3.63, 3.8) is 0 Å². The third-order valence-corrected chi connectivity index (χ3v) is 8.69. The predicted molar refractivity (Wildman–Crippen MR) is 155 cm³/mol. The summed E-state index contributed by atoms with van der Waals surface area (Å²) >= 11 is 0. The monoisotopic (exact) mass is 476 g/mol. The molecule has 0 unspecified atom stereocenters. The first kappa shape index (κ1) is 20.8. The molecule has 5 aromatic carbocycles. The van der Waals surface area contributed by atoms with E-state index in [9.17, 15) is 0 Å². The van der Waals surface area contributed by atoms with Gasteiger partial charge in [-0.3, -0.25) is 0 Å². The molecule has 0 saturated heterocycles. The van der Waals surface area contributed by atoms with Crippen molar-refractivity contribution in [1.29, 1.82) is 0 Å². The number of fused-ring (bicyclic) bond motifs is 8. The number of hydrogen-bond donors (Lipinski definition) is 0. The summed E-state index contributed by atoms with van der Waals surface area (Å²) in [6.45, 7) is 5.72. The molecule has 0 bridgehead atoms.